The Morgan fingerprint density at radius 3 is 1.79 bits per heavy atom. The molecule has 1 saturated heterocycles. The van der Waals surface area contributed by atoms with Crippen molar-refractivity contribution in [2.75, 3.05) is 26.2 Å². The van der Waals surface area contributed by atoms with Crippen molar-refractivity contribution >= 4 is 5.91 Å². The number of amides is 1. The Morgan fingerprint density at radius 1 is 0.893 bits per heavy atom. The third-order valence-electron chi connectivity index (χ3n) is 5.51. The Kier molecular flexibility index (Phi) is 6.79. The van der Waals surface area contributed by atoms with Crippen molar-refractivity contribution in [2.45, 2.75) is 32.7 Å². The standard InChI is InChI=1S/C23H28F2N2O/c1-3-4-17(2)23(28)27-15-13-26(14-16-27)22(18-5-9-20(24)10-6-18)19-7-11-21(25)12-8-19/h5-12,17,22H,3-4,13-16H2,1-2H3/t17-/m1/s1. The van der Waals surface area contributed by atoms with Crippen molar-refractivity contribution < 1.29 is 13.6 Å². The number of nitrogens with zero attached hydrogens (tertiary/aromatic N) is 2. The third kappa shape index (κ3) is 4.76. The lowest BCUT2D eigenvalue weighted by Crippen LogP contribution is -2.51. The molecular formula is C23H28F2N2O. The molecule has 3 nitrogen and oxygen atoms in total. The van der Waals surface area contributed by atoms with Gasteiger partial charge in [0.25, 0.3) is 0 Å². The van der Waals surface area contributed by atoms with Crippen LogP contribution in [-0.2, 0) is 4.79 Å². The quantitative estimate of drug-likeness (QED) is 0.722. The first kappa shape index (κ1) is 20.5. The van der Waals surface area contributed by atoms with E-state index in [9.17, 15) is 13.6 Å². The fourth-order valence-electron chi connectivity index (χ4n) is 3.97. The van der Waals surface area contributed by atoms with Crippen molar-refractivity contribution in [3.05, 3.63) is 71.3 Å². The summed E-state index contributed by atoms with van der Waals surface area (Å²) in [6.07, 6.45) is 1.91. The molecule has 0 N–H and O–H groups in total. The molecule has 0 aromatic heterocycles. The van der Waals surface area contributed by atoms with Gasteiger partial charge in [0, 0.05) is 32.1 Å². The molecule has 3 rings (SSSR count). The zero-order valence-corrected chi connectivity index (χ0v) is 16.6. The fraction of sp³-hybridized carbons (Fsp3) is 0.435. The van der Waals surface area contributed by atoms with E-state index < -0.39 is 0 Å². The molecule has 0 radical (unpaired) electrons. The highest BCUT2D eigenvalue weighted by atomic mass is 19.1. The van der Waals surface area contributed by atoms with Crippen LogP contribution in [0, 0.1) is 17.6 Å². The van der Waals surface area contributed by atoms with Gasteiger partial charge in [0.05, 0.1) is 6.04 Å². The Morgan fingerprint density at radius 2 is 1.36 bits per heavy atom. The minimum atomic E-state index is -0.276. The van der Waals surface area contributed by atoms with Crippen LogP contribution in [0.2, 0.25) is 0 Å². The van der Waals surface area contributed by atoms with Gasteiger partial charge in [-0.3, -0.25) is 9.69 Å². The molecule has 150 valence electrons. The van der Waals surface area contributed by atoms with Crippen molar-refractivity contribution in [2.24, 2.45) is 5.92 Å². The highest BCUT2D eigenvalue weighted by Crippen LogP contribution is 2.30. The molecule has 5 heteroatoms. The van der Waals surface area contributed by atoms with Gasteiger partial charge in [-0.1, -0.05) is 44.5 Å². The van der Waals surface area contributed by atoms with E-state index >= 15 is 0 Å². The summed E-state index contributed by atoms with van der Waals surface area (Å²) in [5, 5.41) is 0. The number of rotatable bonds is 6. The van der Waals surface area contributed by atoms with Crippen LogP contribution < -0.4 is 0 Å². The Bertz CT molecular complexity index is 723. The van der Waals surface area contributed by atoms with E-state index in [4.69, 9.17) is 0 Å². The molecular weight excluding hydrogens is 358 g/mol. The van der Waals surface area contributed by atoms with Crippen LogP contribution >= 0.6 is 0 Å². The van der Waals surface area contributed by atoms with Crippen LogP contribution in [0.1, 0.15) is 43.9 Å². The minimum absolute atomic E-state index is 0.0570. The van der Waals surface area contributed by atoms with Gasteiger partial charge in [0.15, 0.2) is 0 Å². The summed E-state index contributed by atoms with van der Waals surface area (Å²) in [4.78, 5) is 16.8. The summed E-state index contributed by atoms with van der Waals surface area (Å²) in [5.41, 5.74) is 1.93. The first-order chi connectivity index (χ1) is 13.5. The second-order valence-electron chi connectivity index (χ2n) is 7.56. The Hall–Kier alpha value is -2.27. The molecule has 0 aliphatic carbocycles. The van der Waals surface area contributed by atoms with Crippen LogP contribution in [0.4, 0.5) is 8.78 Å². The maximum absolute atomic E-state index is 13.4. The maximum Gasteiger partial charge on any atom is 0.225 e. The lowest BCUT2D eigenvalue weighted by Gasteiger charge is -2.40. The third-order valence-corrected chi connectivity index (χ3v) is 5.51. The van der Waals surface area contributed by atoms with Crippen LogP contribution in [-0.4, -0.2) is 41.9 Å². The van der Waals surface area contributed by atoms with Crippen molar-refractivity contribution in [1.29, 1.82) is 0 Å². The molecule has 2 aromatic rings. The lowest BCUT2D eigenvalue weighted by atomic mass is 9.96. The molecule has 0 saturated carbocycles. The monoisotopic (exact) mass is 386 g/mol. The molecule has 1 fully saturated rings. The first-order valence-electron chi connectivity index (χ1n) is 10.0. The summed E-state index contributed by atoms with van der Waals surface area (Å²) in [6.45, 7) is 6.89. The molecule has 1 amide bonds. The smallest absolute Gasteiger partial charge is 0.225 e. The summed E-state index contributed by atoms with van der Waals surface area (Å²) in [6, 6.07) is 12.9. The molecule has 0 unspecified atom stereocenters. The first-order valence-corrected chi connectivity index (χ1v) is 10.0. The van der Waals surface area contributed by atoms with Crippen LogP contribution in [0.25, 0.3) is 0 Å². The second kappa shape index (κ2) is 9.28. The van der Waals surface area contributed by atoms with Crippen molar-refractivity contribution in [1.82, 2.24) is 9.80 Å². The van der Waals surface area contributed by atoms with Crippen molar-refractivity contribution in [3.63, 3.8) is 0 Å². The predicted octanol–water partition coefficient (Wildman–Crippen LogP) is 4.63. The second-order valence-corrected chi connectivity index (χ2v) is 7.56. The maximum atomic E-state index is 13.4. The van der Waals surface area contributed by atoms with Crippen LogP contribution in [0.3, 0.4) is 0 Å². The van der Waals surface area contributed by atoms with Gasteiger partial charge in [-0.2, -0.15) is 0 Å². The molecule has 0 spiro atoms. The van der Waals surface area contributed by atoms with E-state index in [1.165, 1.54) is 24.3 Å². The highest BCUT2D eigenvalue weighted by Gasteiger charge is 2.29. The number of hydrogen-bond donors (Lipinski definition) is 0. The topological polar surface area (TPSA) is 23.6 Å². The predicted molar refractivity (Wildman–Crippen MR) is 107 cm³/mol. The Balaban J connectivity index is 1.77. The lowest BCUT2D eigenvalue weighted by molar-refractivity contribution is -0.137. The number of piperazine rings is 1. The number of halogens is 2. The average Bonchev–Trinajstić information content (AvgIpc) is 2.71. The van der Waals surface area contributed by atoms with Gasteiger partial charge in [-0.15, -0.1) is 0 Å². The molecule has 1 aliphatic rings. The fourth-order valence-corrected chi connectivity index (χ4v) is 3.97. The molecule has 1 atom stereocenters. The highest BCUT2D eigenvalue weighted by molar-refractivity contribution is 5.78. The zero-order chi connectivity index (χ0) is 20.1. The summed E-state index contributed by atoms with van der Waals surface area (Å²) in [5.74, 6) is -0.271. The molecule has 1 aliphatic heterocycles. The average molecular weight is 386 g/mol. The minimum Gasteiger partial charge on any atom is -0.340 e. The molecule has 1 heterocycles. The molecule has 28 heavy (non-hydrogen) atoms. The van der Waals surface area contributed by atoms with Crippen LogP contribution in [0.15, 0.2) is 48.5 Å². The van der Waals surface area contributed by atoms with E-state index in [1.807, 2.05) is 11.8 Å². The zero-order valence-electron chi connectivity index (χ0n) is 16.6. The number of carbonyl (C=O) groups excluding carboxylic acids is 1. The van der Waals surface area contributed by atoms with E-state index in [0.29, 0.717) is 13.1 Å². The van der Waals surface area contributed by atoms with Crippen molar-refractivity contribution in [3.8, 4) is 0 Å². The number of hydrogen-bond acceptors (Lipinski definition) is 2. The normalized spacial score (nSPS) is 16.4. The summed E-state index contributed by atoms with van der Waals surface area (Å²) >= 11 is 0. The van der Waals surface area contributed by atoms with Gasteiger partial charge >= 0.3 is 0 Å². The van der Waals surface area contributed by atoms with Gasteiger partial charge in [0.2, 0.25) is 5.91 Å². The van der Waals surface area contributed by atoms with Gasteiger partial charge < -0.3 is 4.90 Å². The van der Waals surface area contributed by atoms with Gasteiger partial charge in [-0.05, 0) is 41.8 Å². The van der Waals surface area contributed by atoms with E-state index in [-0.39, 0.29) is 29.5 Å². The van der Waals surface area contributed by atoms with Crippen LogP contribution in [0.5, 0.6) is 0 Å². The van der Waals surface area contributed by atoms with E-state index in [1.54, 1.807) is 24.3 Å². The summed E-state index contributed by atoms with van der Waals surface area (Å²) < 4.78 is 26.8. The SMILES string of the molecule is CCC[C@@H](C)C(=O)N1CCN(C(c2ccc(F)cc2)c2ccc(F)cc2)CC1. The number of carbonyl (C=O) groups is 1. The van der Waals surface area contributed by atoms with Gasteiger partial charge in [-0.25, -0.2) is 8.78 Å². The van der Waals surface area contributed by atoms with E-state index in [0.717, 1.165) is 37.1 Å². The largest absolute Gasteiger partial charge is 0.340 e. The molecule has 0 bridgehead atoms. The molecule has 2 aromatic carbocycles. The Labute approximate surface area is 166 Å². The van der Waals surface area contributed by atoms with E-state index in [2.05, 4.69) is 11.8 Å². The summed E-state index contributed by atoms with van der Waals surface area (Å²) in [7, 11) is 0. The number of benzene rings is 2. The van der Waals surface area contributed by atoms with Gasteiger partial charge in [0.1, 0.15) is 11.6 Å².